The molecule has 196 valence electrons. The third kappa shape index (κ3) is 5.54. The molecule has 3 heterocycles. The number of hydrogen-bond acceptors (Lipinski definition) is 7. The number of methoxy groups -OCH3 is 1. The van der Waals surface area contributed by atoms with E-state index in [2.05, 4.69) is 69.8 Å². The first-order chi connectivity index (χ1) is 18.4. The van der Waals surface area contributed by atoms with Crippen LogP contribution in [-0.4, -0.2) is 37.2 Å². The molecule has 9 heteroatoms. The maximum absolute atomic E-state index is 13.2. The maximum Gasteiger partial charge on any atom is 0.252 e. The second-order valence-electron chi connectivity index (χ2n) is 9.60. The molecule has 0 amide bonds. The first-order valence-electron chi connectivity index (χ1n) is 12.7. The van der Waals surface area contributed by atoms with E-state index >= 15 is 0 Å². The highest BCUT2D eigenvalue weighted by Gasteiger charge is 2.26. The molecule has 5 aromatic rings. The number of aryl methyl sites for hydroxylation is 2. The Morgan fingerprint density at radius 1 is 1.08 bits per heavy atom. The third-order valence-electron chi connectivity index (χ3n) is 7.02. The number of nitrogens with one attached hydrogen (secondary N) is 1. The first-order valence-corrected chi connectivity index (χ1v) is 13.6. The average Bonchev–Trinajstić information content (AvgIpc) is 3.59. The van der Waals surface area contributed by atoms with Crippen LogP contribution in [0.3, 0.4) is 0 Å². The van der Waals surface area contributed by atoms with Crippen molar-refractivity contribution in [2.45, 2.75) is 52.9 Å². The lowest BCUT2D eigenvalue weighted by molar-refractivity contribution is 0.163. The Balaban J connectivity index is 1.49. The van der Waals surface area contributed by atoms with Crippen molar-refractivity contribution in [1.82, 2.24) is 30.1 Å². The Bertz CT molecular complexity index is 1570. The Hall–Kier alpha value is -3.82. The van der Waals surface area contributed by atoms with E-state index in [-0.39, 0.29) is 11.6 Å². The highest BCUT2D eigenvalue weighted by Crippen LogP contribution is 2.28. The minimum absolute atomic E-state index is 0.0652. The molecule has 0 aliphatic heterocycles. The van der Waals surface area contributed by atoms with Crippen LogP contribution in [0.15, 0.2) is 64.8 Å². The van der Waals surface area contributed by atoms with Gasteiger partial charge in [-0.2, -0.15) is 0 Å². The van der Waals surface area contributed by atoms with Crippen LogP contribution in [0.2, 0.25) is 0 Å². The van der Waals surface area contributed by atoms with E-state index < -0.39 is 0 Å². The second kappa shape index (κ2) is 11.3. The molecular formula is C29H32N6O2S. The molecule has 8 nitrogen and oxygen atoms in total. The van der Waals surface area contributed by atoms with Gasteiger partial charge in [-0.3, -0.25) is 9.69 Å². The predicted octanol–water partition coefficient (Wildman–Crippen LogP) is 5.40. The average molecular weight is 529 g/mol. The topological polar surface area (TPSA) is 88.9 Å². The molecule has 0 radical (unpaired) electrons. The summed E-state index contributed by atoms with van der Waals surface area (Å²) >= 11 is 1.71. The molecule has 1 N–H and O–H groups in total. The SMILES string of the molecule is CCC(c1nnnn1Cc1ccc(OC)cc1)N(Cc1cccs1)Cc1cc2cc(C)c(C)cc2[nH]c1=O. The van der Waals surface area contributed by atoms with E-state index in [0.29, 0.717) is 19.6 Å². The summed E-state index contributed by atoms with van der Waals surface area (Å²) in [6.07, 6.45) is 0.790. The molecule has 1 atom stereocenters. The zero-order chi connectivity index (χ0) is 26.6. The fraction of sp³-hybridized carbons (Fsp3) is 0.310. The van der Waals surface area contributed by atoms with Crippen molar-refractivity contribution in [3.8, 4) is 5.75 Å². The van der Waals surface area contributed by atoms with Gasteiger partial charge in [-0.25, -0.2) is 4.68 Å². The van der Waals surface area contributed by atoms with Crippen molar-refractivity contribution in [2.24, 2.45) is 0 Å². The standard InChI is InChI=1S/C29H32N6O2S/c1-5-27(28-31-32-33-35(28)16-21-8-10-24(37-4)11-9-21)34(18-25-7-6-12-38-25)17-23-15-22-13-19(2)20(3)14-26(22)30-29(23)36/h6-15,27H,5,16-18H2,1-4H3,(H,30,36). The summed E-state index contributed by atoms with van der Waals surface area (Å²) in [5.41, 5.74) is 4.97. The number of ether oxygens (including phenoxy) is 1. The lowest BCUT2D eigenvalue weighted by Gasteiger charge is -2.30. The van der Waals surface area contributed by atoms with Crippen LogP contribution >= 0.6 is 11.3 Å². The van der Waals surface area contributed by atoms with Crippen LogP contribution in [0.4, 0.5) is 0 Å². The van der Waals surface area contributed by atoms with Gasteiger partial charge in [-0.05, 0) is 94.5 Å². The molecule has 0 aliphatic carbocycles. The van der Waals surface area contributed by atoms with Gasteiger partial charge < -0.3 is 9.72 Å². The van der Waals surface area contributed by atoms with Gasteiger partial charge in [0.2, 0.25) is 0 Å². The normalized spacial score (nSPS) is 12.3. The molecule has 3 aromatic heterocycles. The molecule has 0 saturated carbocycles. The van der Waals surface area contributed by atoms with Crippen LogP contribution < -0.4 is 10.3 Å². The Kier molecular flexibility index (Phi) is 7.67. The third-order valence-corrected chi connectivity index (χ3v) is 7.89. The van der Waals surface area contributed by atoms with Crippen LogP contribution in [0.5, 0.6) is 5.75 Å². The summed E-state index contributed by atoms with van der Waals surface area (Å²) in [5, 5.41) is 15.9. The number of aromatic nitrogens is 5. The summed E-state index contributed by atoms with van der Waals surface area (Å²) in [6, 6.07) is 18.2. The highest BCUT2D eigenvalue weighted by atomic mass is 32.1. The molecule has 2 aromatic carbocycles. The van der Waals surface area contributed by atoms with Gasteiger partial charge in [0.05, 0.1) is 19.7 Å². The number of tetrazole rings is 1. The van der Waals surface area contributed by atoms with E-state index in [1.165, 1.54) is 10.4 Å². The van der Waals surface area contributed by atoms with Crippen LogP contribution in [0.25, 0.3) is 10.9 Å². The van der Waals surface area contributed by atoms with Gasteiger partial charge in [0.25, 0.3) is 5.56 Å². The minimum Gasteiger partial charge on any atom is -0.497 e. The zero-order valence-electron chi connectivity index (χ0n) is 22.1. The van der Waals surface area contributed by atoms with Crippen molar-refractivity contribution < 1.29 is 4.74 Å². The van der Waals surface area contributed by atoms with Gasteiger partial charge in [0, 0.05) is 29.0 Å². The Morgan fingerprint density at radius 3 is 2.58 bits per heavy atom. The number of aromatic amines is 1. The van der Waals surface area contributed by atoms with E-state index in [4.69, 9.17) is 4.74 Å². The number of fused-ring (bicyclic) bond motifs is 1. The lowest BCUT2D eigenvalue weighted by atomic mass is 10.0. The van der Waals surface area contributed by atoms with Crippen LogP contribution in [-0.2, 0) is 19.6 Å². The summed E-state index contributed by atoms with van der Waals surface area (Å²) < 4.78 is 7.14. The number of thiophene rings is 1. The molecule has 0 fully saturated rings. The minimum atomic E-state index is -0.0831. The molecule has 5 rings (SSSR count). The summed E-state index contributed by atoms with van der Waals surface area (Å²) in [6.45, 7) is 8.00. The number of pyridine rings is 1. The maximum atomic E-state index is 13.2. The van der Waals surface area contributed by atoms with Crippen LogP contribution in [0, 0.1) is 13.8 Å². The Labute approximate surface area is 225 Å². The summed E-state index contributed by atoms with van der Waals surface area (Å²) in [5.74, 6) is 1.59. The zero-order valence-corrected chi connectivity index (χ0v) is 23.0. The van der Waals surface area contributed by atoms with Crippen LogP contribution in [0.1, 0.15) is 52.3 Å². The van der Waals surface area contributed by atoms with Gasteiger partial charge in [-0.15, -0.1) is 16.4 Å². The number of rotatable bonds is 10. The number of H-pyrrole nitrogens is 1. The molecule has 0 aliphatic rings. The number of hydrogen-bond donors (Lipinski definition) is 1. The number of benzene rings is 2. The fourth-order valence-corrected chi connectivity index (χ4v) is 5.54. The van der Waals surface area contributed by atoms with Crippen molar-refractivity contribution in [3.63, 3.8) is 0 Å². The van der Waals surface area contributed by atoms with Crippen molar-refractivity contribution in [1.29, 1.82) is 0 Å². The molecule has 38 heavy (non-hydrogen) atoms. The molecule has 0 spiro atoms. The monoisotopic (exact) mass is 528 g/mol. The van der Waals surface area contributed by atoms with E-state index in [1.807, 2.05) is 41.1 Å². The summed E-state index contributed by atoms with van der Waals surface area (Å²) in [7, 11) is 1.66. The van der Waals surface area contributed by atoms with E-state index in [0.717, 1.165) is 45.6 Å². The van der Waals surface area contributed by atoms with E-state index in [9.17, 15) is 4.79 Å². The van der Waals surface area contributed by atoms with Crippen molar-refractivity contribution in [3.05, 3.63) is 103 Å². The number of nitrogens with zero attached hydrogens (tertiary/aromatic N) is 5. The largest absolute Gasteiger partial charge is 0.497 e. The lowest BCUT2D eigenvalue weighted by Crippen LogP contribution is -2.32. The van der Waals surface area contributed by atoms with Gasteiger partial charge in [0.15, 0.2) is 5.82 Å². The van der Waals surface area contributed by atoms with Gasteiger partial charge in [-0.1, -0.05) is 25.1 Å². The van der Waals surface area contributed by atoms with Gasteiger partial charge >= 0.3 is 0 Å². The van der Waals surface area contributed by atoms with Crippen molar-refractivity contribution >= 4 is 22.2 Å². The van der Waals surface area contributed by atoms with Gasteiger partial charge in [0.1, 0.15) is 5.75 Å². The molecule has 1 unspecified atom stereocenters. The fourth-order valence-electron chi connectivity index (χ4n) is 4.81. The first kappa shape index (κ1) is 25.8. The molecular weight excluding hydrogens is 496 g/mol. The predicted molar refractivity (Wildman–Crippen MR) is 151 cm³/mol. The van der Waals surface area contributed by atoms with Crippen molar-refractivity contribution in [2.75, 3.05) is 7.11 Å². The summed E-state index contributed by atoms with van der Waals surface area (Å²) in [4.78, 5) is 19.8. The highest BCUT2D eigenvalue weighted by molar-refractivity contribution is 7.09. The van der Waals surface area contributed by atoms with E-state index in [1.54, 1.807) is 18.4 Å². The Morgan fingerprint density at radius 2 is 1.87 bits per heavy atom. The molecule has 0 saturated heterocycles. The smallest absolute Gasteiger partial charge is 0.252 e. The second-order valence-corrected chi connectivity index (χ2v) is 10.6. The quantitative estimate of drug-likeness (QED) is 0.261. The molecule has 0 bridgehead atoms.